The molecule has 7 heteroatoms. The maximum Gasteiger partial charge on any atom is 0.133 e. The average Bonchev–Trinajstić information content (AvgIpc) is 3.11. The zero-order valence-electron chi connectivity index (χ0n) is 16.2. The van der Waals surface area contributed by atoms with E-state index in [0.29, 0.717) is 0 Å². The van der Waals surface area contributed by atoms with E-state index in [1.165, 1.54) is 39.9 Å². The van der Waals surface area contributed by atoms with Crippen LogP contribution < -0.4 is 4.90 Å². The van der Waals surface area contributed by atoms with Gasteiger partial charge in [-0.05, 0) is 43.7 Å². The third-order valence-corrected chi connectivity index (χ3v) is 7.86. The summed E-state index contributed by atoms with van der Waals surface area (Å²) in [5.74, 6) is 2.06. The highest BCUT2D eigenvalue weighted by atomic mass is 32.2. The van der Waals surface area contributed by atoms with Gasteiger partial charge in [-0.15, -0.1) is 23.1 Å². The molecule has 0 atom stereocenters. The normalized spacial score (nSPS) is 17.2. The molecular formula is C21H24N4OS2. The molecule has 0 radical (unpaired) electrons. The van der Waals surface area contributed by atoms with Crippen molar-refractivity contribution in [2.45, 2.75) is 37.6 Å². The first-order chi connectivity index (χ1) is 13.7. The number of aryl methyl sites for hydroxylation is 1. The Morgan fingerprint density at radius 3 is 2.79 bits per heavy atom. The summed E-state index contributed by atoms with van der Waals surface area (Å²) in [7, 11) is 0. The minimum Gasteiger partial charge on any atom is -0.378 e. The second-order valence-corrected chi connectivity index (χ2v) is 9.55. The van der Waals surface area contributed by atoms with Crippen molar-refractivity contribution in [2.75, 3.05) is 37.0 Å². The minimum absolute atomic E-state index is 0.786. The summed E-state index contributed by atoms with van der Waals surface area (Å²) in [6.45, 7) is 9.51. The van der Waals surface area contributed by atoms with Gasteiger partial charge in [-0.1, -0.05) is 12.2 Å². The Morgan fingerprint density at radius 2 is 2.00 bits per heavy atom. The Labute approximate surface area is 173 Å². The van der Waals surface area contributed by atoms with Gasteiger partial charge in [0.05, 0.1) is 23.4 Å². The first kappa shape index (κ1) is 18.3. The Morgan fingerprint density at radius 1 is 1.21 bits per heavy atom. The number of thiophene rings is 1. The lowest BCUT2D eigenvalue weighted by Gasteiger charge is -2.31. The summed E-state index contributed by atoms with van der Waals surface area (Å²) in [6, 6.07) is 0. The number of nitrogens with zero attached hydrogens (tertiary/aromatic N) is 4. The summed E-state index contributed by atoms with van der Waals surface area (Å²) < 4.78 is 6.74. The van der Waals surface area contributed by atoms with Gasteiger partial charge in [-0.25, -0.2) is 15.0 Å². The van der Waals surface area contributed by atoms with E-state index in [2.05, 4.69) is 23.4 Å². The number of hydrogen-bond donors (Lipinski definition) is 0. The van der Waals surface area contributed by atoms with Crippen molar-refractivity contribution in [3.05, 3.63) is 29.6 Å². The molecule has 1 fully saturated rings. The molecule has 4 heterocycles. The van der Waals surface area contributed by atoms with Gasteiger partial charge in [0.1, 0.15) is 22.0 Å². The monoisotopic (exact) mass is 412 g/mol. The van der Waals surface area contributed by atoms with Gasteiger partial charge in [-0.3, -0.25) is 0 Å². The van der Waals surface area contributed by atoms with Crippen LogP contribution >= 0.6 is 23.1 Å². The fraction of sp³-hybridized carbons (Fsp3) is 0.476. The number of pyridine rings is 1. The van der Waals surface area contributed by atoms with Gasteiger partial charge in [0.15, 0.2) is 0 Å². The average molecular weight is 413 g/mol. The molecule has 3 aromatic heterocycles. The number of anilines is 1. The van der Waals surface area contributed by atoms with Gasteiger partial charge in [0, 0.05) is 24.2 Å². The van der Waals surface area contributed by atoms with Gasteiger partial charge >= 0.3 is 0 Å². The summed E-state index contributed by atoms with van der Waals surface area (Å²) in [5.41, 5.74) is 5.15. The van der Waals surface area contributed by atoms with Crippen LogP contribution in [0.4, 0.5) is 5.82 Å². The Hall–Kier alpha value is -1.70. The van der Waals surface area contributed by atoms with Crippen molar-refractivity contribution < 1.29 is 4.74 Å². The Kier molecular flexibility index (Phi) is 4.99. The topological polar surface area (TPSA) is 51.1 Å². The maximum atomic E-state index is 5.57. The van der Waals surface area contributed by atoms with E-state index in [0.717, 1.165) is 65.8 Å². The smallest absolute Gasteiger partial charge is 0.133 e. The van der Waals surface area contributed by atoms with Gasteiger partial charge in [0.25, 0.3) is 0 Å². The van der Waals surface area contributed by atoms with E-state index in [1.54, 1.807) is 29.4 Å². The highest BCUT2D eigenvalue weighted by Crippen LogP contribution is 2.43. The largest absolute Gasteiger partial charge is 0.378 e. The van der Waals surface area contributed by atoms with Crippen LogP contribution in [0.5, 0.6) is 0 Å². The first-order valence-corrected chi connectivity index (χ1v) is 11.7. The van der Waals surface area contributed by atoms with Gasteiger partial charge in [-0.2, -0.15) is 0 Å². The molecular weight excluding hydrogens is 388 g/mol. The van der Waals surface area contributed by atoms with Gasteiger partial charge < -0.3 is 9.64 Å². The molecule has 0 bridgehead atoms. The fourth-order valence-electron chi connectivity index (χ4n) is 4.15. The highest BCUT2D eigenvalue weighted by molar-refractivity contribution is 7.99. The van der Waals surface area contributed by atoms with Crippen LogP contribution in [0.3, 0.4) is 0 Å². The lowest BCUT2D eigenvalue weighted by atomic mass is 9.90. The van der Waals surface area contributed by atoms with E-state index < -0.39 is 0 Å². The van der Waals surface area contributed by atoms with E-state index in [1.807, 2.05) is 0 Å². The molecule has 1 aliphatic heterocycles. The summed E-state index contributed by atoms with van der Waals surface area (Å²) >= 11 is 3.49. The number of ether oxygens (including phenoxy) is 1. The number of aromatic nitrogens is 3. The summed E-state index contributed by atoms with van der Waals surface area (Å²) in [5, 5.41) is 2.32. The van der Waals surface area contributed by atoms with Gasteiger partial charge in [0.2, 0.25) is 0 Å². The van der Waals surface area contributed by atoms with Crippen LogP contribution in [0, 0.1) is 0 Å². The molecule has 5 nitrogen and oxygen atoms in total. The van der Waals surface area contributed by atoms with E-state index in [4.69, 9.17) is 14.7 Å². The molecule has 1 aliphatic carbocycles. The summed E-state index contributed by atoms with van der Waals surface area (Å²) in [4.78, 5) is 18.0. The molecule has 0 aromatic carbocycles. The Balaban J connectivity index is 1.71. The highest BCUT2D eigenvalue weighted by Gasteiger charge is 2.26. The number of rotatable bonds is 4. The number of fused-ring (bicyclic) bond motifs is 5. The van der Waals surface area contributed by atoms with Crippen LogP contribution in [-0.2, 0) is 17.6 Å². The van der Waals surface area contributed by atoms with Crippen LogP contribution in [0.1, 0.15) is 30.9 Å². The van der Waals surface area contributed by atoms with Crippen LogP contribution in [0.15, 0.2) is 23.5 Å². The molecule has 3 aromatic rings. The van der Waals surface area contributed by atoms with E-state index >= 15 is 0 Å². The lowest BCUT2D eigenvalue weighted by molar-refractivity contribution is 0.122. The molecule has 28 heavy (non-hydrogen) atoms. The summed E-state index contributed by atoms with van der Waals surface area (Å²) in [6.07, 6.45) is 6.43. The van der Waals surface area contributed by atoms with Crippen molar-refractivity contribution in [3.63, 3.8) is 0 Å². The second kappa shape index (κ2) is 7.61. The van der Waals surface area contributed by atoms with Crippen molar-refractivity contribution >= 4 is 49.3 Å². The fourth-order valence-corrected chi connectivity index (χ4v) is 6.22. The van der Waals surface area contributed by atoms with Crippen molar-refractivity contribution in [2.24, 2.45) is 0 Å². The Bertz CT molecular complexity index is 1060. The number of hydrogen-bond acceptors (Lipinski definition) is 7. The third-order valence-electron chi connectivity index (χ3n) is 5.43. The standard InChI is InChI=1S/C21H24N4OS2/c1-13(2)11-27-21-18-17(22-12-23-21)16-14-5-3-4-6-15(14)19(24-20(16)28-18)25-7-9-26-10-8-25/h12H,1,3-11H2,2H3. The van der Waals surface area contributed by atoms with Crippen molar-refractivity contribution in [1.82, 2.24) is 15.0 Å². The SMILES string of the molecule is C=C(C)CSc1ncnc2c1sc1nc(N3CCOCC3)c3c(c12)CCCC3. The van der Waals surface area contributed by atoms with E-state index in [9.17, 15) is 0 Å². The van der Waals surface area contributed by atoms with Crippen LogP contribution in [-0.4, -0.2) is 47.0 Å². The lowest BCUT2D eigenvalue weighted by Crippen LogP contribution is -2.37. The molecule has 146 valence electrons. The molecule has 1 saturated heterocycles. The van der Waals surface area contributed by atoms with Crippen LogP contribution in [0.2, 0.25) is 0 Å². The van der Waals surface area contributed by atoms with E-state index in [-0.39, 0.29) is 0 Å². The maximum absolute atomic E-state index is 5.57. The molecule has 2 aliphatic rings. The first-order valence-electron chi connectivity index (χ1n) is 9.91. The zero-order chi connectivity index (χ0) is 19.1. The zero-order valence-corrected chi connectivity index (χ0v) is 17.8. The van der Waals surface area contributed by atoms with Crippen LogP contribution in [0.25, 0.3) is 20.4 Å². The second-order valence-electron chi connectivity index (χ2n) is 7.58. The quantitative estimate of drug-likeness (QED) is 0.354. The van der Waals surface area contributed by atoms with Crippen molar-refractivity contribution in [3.8, 4) is 0 Å². The minimum atomic E-state index is 0.786. The number of morpholine rings is 1. The molecule has 5 rings (SSSR count). The predicted octanol–water partition coefficient (Wildman–Crippen LogP) is 4.62. The molecule has 0 N–H and O–H groups in total. The molecule has 0 spiro atoms. The molecule has 0 unspecified atom stereocenters. The number of thioether (sulfide) groups is 1. The molecule has 0 amide bonds. The van der Waals surface area contributed by atoms with Crippen molar-refractivity contribution in [1.29, 1.82) is 0 Å². The molecule has 0 saturated carbocycles. The third kappa shape index (κ3) is 3.19. The predicted molar refractivity (Wildman–Crippen MR) is 118 cm³/mol.